The lowest BCUT2D eigenvalue weighted by atomic mass is 9.44. The van der Waals surface area contributed by atoms with E-state index >= 15 is 4.39 Å². The maximum absolute atomic E-state index is 17.1. The zero-order chi connectivity index (χ0) is 24.4. The number of ketones is 2. The fourth-order valence-electron chi connectivity index (χ4n) is 7.57. The van der Waals surface area contributed by atoms with E-state index in [4.69, 9.17) is 4.74 Å². The molecular formula is C26H33FO6. The number of ether oxygens (including phenoxy) is 1. The zero-order valence-electron chi connectivity index (χ0n) is 19.6. The van der Waals surface area contributed by atoms with Crippen molar-refractivity contribution in [2.24, 2.45) is 28.6 Å². The van der Waals surface area contributed by atoms with Crippen LogP contribution in [0.1, 0.15) is 53.4 Å². The van der Waals surface area contributed by atoms with Crippen molar-refractivity contribution in [1.29, 1.82) is 0 Å². The summed E-state index contributed by atoms with van der Waals surface area (Å²) in [5.41, 5.74) is -5.40. The Morgan fingerprint density at radius 1 is 1.30 bits per heavy atom. The molecule has 3 saturated carbocycles. The number of hydrogen-bond acceptors (Lipinski definition) is 6. The lowest BCUT2D eigenvalue weighted by molar-refractivity contribution is -0.219. The van der Waals surface area contributed by atoms with Crippen LogP contribution in [0.4, 0.5) is 4.39 Å². The number of carbonyl (C=O) groups excluding carboxylic acids is 3. The summed E-state index contributed by atoms with van der Waals surface area (Å²) in [5.74, 6) is -2.93. The first-order valence-electron chi connectivity index (χ1n) is 11.7. The quantitative estimate of drug-likeness (QED) is 0.494. The highest BCUT2D eigenvalue weighted by atomic mass is 19.1. The molecule has 180 valence electrons. The standard InChI is InChI=1S/C26H33FO6/c1-5-6-22(31)33-14-21(30)26(32)15(2)11-19-18-8-7-16-12-17(28)9-10-23(16,3)25(18,27)20(29)13-24(19,26)4/h5-6,9-10,12,15,18-20,29,32H,7-8,11,13-14H2,1-4H3/b6-5+/t15-,18+,19+,20+,23+,24+,25+,26+/m1/s1. The lowest BCUT2D eigenvalue weighted by Crippen LogP contribution is -2.69. The monoisotopic (exact) mass is 460 g/mol. The number of alkyl halides is 1. The molecule has 4 aliphatic rings. The molecule has 0 amide bonds. The maximum Gasteiger partial charge on any atom is 0.330 e. The third-order valence-corrected chi connectivity index (χ3v) is 9.30. The number of fused-ring (bicyclic) bond motifs is 5. The SMILES string of the molecule is C/C=C/C(=O)OCC(=O)[C@@]1(O)[C@H](C)C[C@H]2[C@@H]3CCC4=CC(=O)C=C[C@]4(C)[C@@]3(F)[C@@H](O)C[C@@]21C. The predicted octanol–water partition coefficient (Wildman–Crippen LogP) is 3.02. The van der Waals surface area contributed by atoms with Crippen molar-refractivity contribution in [2.75, 3.05) is 6.61 Å². The zero-order valence-corrected chi connectivity index (χ0v) is 19.6. The van der Waals surface area contributed by atoms with E-state index in [9.17, 15) is 24.6 Å². The number of Topliss-reactive ketones (excluding diaryl/α,β-unsaturated/α-hetero) is 1. The molecule has 7 heteroatoms. The highest BCUT2D eigenvalue weighted by molar-refractivity contribution is 6.01. The Hall–Kier alpha value is -2.12. The first kappa shape index (κ1) is 24.0. The van der Waals surface area contributed by atoms with Crippen LogP contribution in [0.25, 0.3) is 0 Å². The molecule has 0 aliphatic heterocycles. The molecule has 33 heavy (non-hydrogen) atoms. The summed E-state index contributed by atoms with van der Waals surface area (Å²) in [4.78, 5) is 36.9. The van der Waals surface area contributed by atoms with E-state index in [1.807, 2.05) is 0 Å². The molecule has 0 spiro atoms. The fraction of sp³-hybridized carbons (Fsp3) is 0.654. The van der Waals surface area contributed by atoms with Gasteiger partial charge in [0.05, 0.1) is 6.10 Å². The van der Waals surface area contributed by atoms with Crippen molar-refractivity contribution < 1.29 is 33.7 Å². The van der Waals surface area contributed by atoms with E-state index < -0.39 is 58.4 Å². The second-order valence-electron chi connectivity index (χ2n) is 10.7. The van der Waals surface area contributed by atoms with E-state index in [0.717, 1.165) is 0 Å². The van der Waals surface area contributed by atoms with E-state index in [2.05, 4.69) is 0 Å². The van der Waals surface area contributed by atoms with Crippen LogP contribution in [0.2, 0.25) is 0 Å². The van der Waals surface area contributed by atoms with Gasteiger partial charge in [-0.15, -0.1) is 0 Å². The summed E-state index contributed by atoms with van der Waals surface area (Å²) in [6, 6.07) is 0. The van der Waals surface area contributed by atoms with E-state index in [1.54, 1.807) is 33.8 Å². The predicted molar refractivity (Wildman–Crippen MR) is 119 cm³/mol. The van der Waals surface area contributed by atoms with E-state index in [-0.39, 0.29) is 18.1 Å². The molecule has 3 fully saturated rings. The Bertz CT molecular complexity index is 983. The Morgan fingerprint density at radius 3 is 2.67 bits per heavy atom. The van der Waals surface area contributed by atoms with Gasteiger partial charge in [-0.05, 0) is 63.5 Å². The molecule has 6 nitrogen and oxygen atoms in total. The van der Waals surface area contributed by atoms with Crippen molar-refractivity contribution in [3.05, 3.63) is 36.0 Å². The van der Waals surface area contributed by atoms with Gasteiger partial charge in [-0.1, -0.05) is 31.6 Å². The van der Waals surface area contributed by atoms with Gasteiger partial charge in [-0.2, -0.15) is 0 Å². The summed E-state index contributed by atoms with van der Waals surface area (Å²) in [6.07, 6.45) is 6.93. The number of rotatable bonds is 4. The molecule has 0 unspecified atom stereocenters. The topological polar surface area (TPSA) is 101 Å². The van der Waals surface area contributed by atoms with Crippen LogP contribution in [-0.2, 0) is 19.1 Å². The van der Waals surface area contributed by atoms with Crippen LogP contribution in [0.15, 0.2) is 36.0 Å². The van der Waals surface area contributed by atoms with Crippen LogP contribution < -0.4 is 0 Å². The third kappa shape index (κ3) is 3.01. The Labute approximate surface area is 193 Å². The normalized spacial score (nSPS) is 46.4. The van der Waals surface area contributed by atoms with Crippen molar-refractivity contribution in [3.8, 4) is 0 Å². The molecule has 4 aliphatic carbocycles. The average Bonchev–Trinajstić information content (AvgIpc) is 2.95. The van der Waals surface area contributed by atoms with Gasteiger partial charge in [0.1, 0.15) is 5.60 Å². The summed E-state index contributed by atoms with van der Waals surface area (Å²) >= 11 is 0. The Balaban J connectivity index is 1.70. The third-order valence-electron chi connectivity index (χ3n) is 9.30. The number of hydrogen-bond donors (Lipinski definition) is 2. The van der Waals surface area contributed by atoms with Crippen molar-refractivity contribution in [2.45, 2.75) is 70.8 Å². The number of esters is 1. The number of allylic oxidation sites excluding steroid dienone is 5. The number of halogens is 1. The summed E-state index contributed by atoms with van der Waals surface area (Å²) in [5, 5.41) is 23.1. The first-order chi connectivity index (χ1) is 15.4. The van der Waals surface area contributed by atoms with Crippen LogP contribution in [0, 0.1) is 28.6 Å². The van der Waals surface area contributed by atoms with Gasteiger partial charge in [-0.25, -0.2) is 9.18 Å². The highest BCUT2D eigenvalue weighted by Crippen LogP contribution is 2.70. The number of aliphatic hydroxyl groups is 2. The molecule has 0 aromatic rings. The van der Waals surface area contributed by atoms with Gasteiger partial charge in [0, 0.05) is 22.8 Å². The van der Waals surface area contributed by atoms with Gasteiger partial charge in [0.15, 0.2) is 18.1 Å². The van der Waals surface area contributed by atoms with Gasteiger partial charge < -0.3 is 14.9 Å². The molecule has 0 heterocycles. The van der Waals surface area contributed by atoms with Crippen molar-refractivity contribution in [1.82, 2.24) is 0 Å². The molecule has 0 saturated heterocycles. The van der Waals surface area contributed by atoms with Crippen LogP contribution in [0.3, 0.4) is 0 Å². The molecule has 0 radical (unpaired) electrons. The number of aliphatic hydroxyl groups excluding tert-OH is 1. The molecule has 8 atom stereocenters. The van der Waals surface area contributed by atoms with Gasteiger partial charge >= 0.3 is 5.97 Å². The van der Waals surface area contributed by atoms with Gasteiger partial charge in [0.2, 0.25) is 5.78 Å². The van der Waals surface area contributed by atoms with Crippen molar-refractivity contribution >= 4 is 17.5 Å². The van der Waals surface area contributed by atoms with Crippen LogP contribution in [-0.4, -0.2) is 51.7 Å². The summed E-state index contributed by atoms with van der Waals surface area (Å²) in [7, 11) is 0. The fourth-order valence-corrected chi connectivity index (χ4v) is 7.57. The smallest absolute Gasteiger partial charge is 0.330 e. The van der Waals surface area contributed by atoms with Crippen LogP contribution >= 0.6 is 0 Å². The summed E-state index contributed by atoms with van der Waals surface area (Å²) < 4.78 is 22.1. The van der Waals surface area contributed by atoms with E-state index in [0.29, 0.717) is 24.8 Å². The largest absolute Gasteiger partial charge is 0.454 e. The molecule has 2 N–H and O–H groups in total. The molecule has 4 rings (SSSR count). The Morgan fingerprint density at radius 2 is 2.00 bits per heavy atom. The molecular weight excluding hydrogens is 427 g/mol. The molecule has 0 aromatic carbocycles. The molecule has 0 bridgehead atoms. The Kier molecular flexibility index (Phi) is 5.61. The average molecular weight is 461 g/mol. The minimum atomic E-state index is -2.02. The van der Waals surface area contributed by atoms with Crippen LogP contribution in [0.5, 0.6) is 0 Å². The van der Waals surface area contributed by atoms with E-state index in [1.165, 1.54) is 24.3 Å². The minimum Gasteiger partial charge on any atom is -0.454 e. The van der Waals surface area contributed by atoms with Gasteiger partial charge in [0.25, 0.3) is 0 Å². The first-order valence-corrected chi connectivity index (χ1v) is 11.7. The second kappa shape index (κ2) is 7.70. The summed E-state index contributed by atoms with van der Waals surface area (Å²) in [6.45, 7) is 6.32. The van der Waals surface area contributed by atoms with Crippen molar-refractivity contribution in [3.63, 3.8) is 0 Å². The maximum atomic E-state index is 17.1. The molecule has 0 aromatic heterocycles. The lowest BCUT2D eigenvalue weighted by Gasteiger charge is -2.62. The minimum absolute atomic E-state index is 0.106. The number of carbonyl (C=O) groups is 3. The second-order valence-corrected chi connectivity index (χ2v) is 10.7. The van der Waals surface area contributed by atoms with Gasteiger partial charge in [-0.3, -0.25) is 9.59 Å². The highest BCUT2D eigenvalue weighted by Gasteiger charge is 2.75.